The van der Waals surface area contributed by atoms with Crippen LogP contribution >= 0.6 is 15.9 Å². The second-order valence-corrected chi connectivity index (χ2v) is 17.8. The molecule has 0 bridgehead atoms. The molecule has 0 aliphatic rings. The van der Waals surface area contributed by atoms with Gasteiger partial charge in [0.25, 0.3) is 0 Å². The first-order valence-corrected chi connectivity index (χ1v) is 24.4. The number of nitrogens with zero attached hydrogens (tertiary/aromatic N) is 7. The Balaban J connectivity index is 0.000000197. The van der Waals surface area contributed by atoms with Crippen molar-refractivity contribution in [2.24, 2.45) is 0 Å². The summed E-state index contributed by atoms with van der Waals surface area (Å²) in [5, 5.41) is 37.5. The van der Waals surface area contributed by atoms with Gasteiger partial charge in [0.1, 0.15) is 23.5 Å². The highest BCUT2D eigenvalue weighted by Crippen LogP contribution is 2.33. The lowest BCUT2D eigenvalue weighted by atomic mass is 10.0. The van der Waals surface area contributed by atoms with E-state index in [0.717, 1.165) is 53.0 Å². The molecule has 26 heteroatoms. The number of hydrogen-bond donors (Lipinski definition) is 4. The van der Waals surface area contributed by atoms with Crippen molar-refractivity contribution in [1.82, 2.24) is 30.1 Å². The Hall–Kier alpha value is -9.53. The van der Waals surface area contributed by atoms with Gasteiger partial charge in [0.2, 0.25) is 5.82 Å². The van der Waals surface area contributed by atoms with Crippen LogP contribution in [0.3, 0.4) is 0 Å². The molecular weight excluding hydrogens is 1180 g/mol. The minimum absolute atomic E-state index is 0.0162. The topological polar surface area (TPSA) is 228 Å². The molecule has 13 nitrogen and oxygen atoms in total. The molecule has 428 valence electrons. The highest BCUT2D eigenvalue weighted by Gasteiger charge is 2.32. The molecule has 0 radical (unpaired) electrons. The van der Waals surface area contributed by atoms with Gasteiger partial charge in [0.05, 0.1) is 44.7 Å². The van der Waals surface area contributed by atoms with Crippen molar-refractivity contribution < 1.29 is 62.3 Å². The summed E-state index contributed by atoms with van der Waals surface area (Å²) < 4.78 is 153. The summed E-state index contributed by atoms with van der Waals surface area (Å²) in [7, 11) is 0. The standard InChI is InChI=1S/C15H10F3N3O2.C15H13F3N2O.C14H9F3N2.C7H6F3N.C6H3BrN2/c16-15(17,18)11-5-3-9(4-6-11)8-10-2-1-7-19-12(10)13-20-14(22)23-21-13;16-15(17,18)12-5-3-10(4-6-12)8-11-2-1-7-20-14(11)13(19)9-21;15-14(16,17)12-5-3-10(4-6-12)8-11-2-1-7-19-13(11)9-18;8-7(9,10)5-1-3-6(11)4-2-5;7-5-2-1-3-9-6(5)4-8/h1-7H,8H2,(H,20,21,22);1-7,19,21H,8-9H2;1-7H,8H2;1-4H,11H2;1-3H. The zero-order valence-electron chi connectivity index (χ0n) is 42.4. The predicted octanol–water partition coefficient (Wildman–Crippen LogP) is 13.7. The fourth-order valence-electron chi connectivity index (χ4n) is 6.97. The van der Waals surface area contributed by atoms with Crippen molar-refractivity contribution in [3.05, 3.63) is 258 Å². The summed E-state index contributed by atoms with van der Waals surface area (Å²) in [6, 6.07) is 36.8. The molecule has 4 aromatic carbocycles. The monoisotopic (exact) mass is 1220 g/mol. The Bertz CT molecular complexity index is 3690. The Kier molecular flexibility index (Phi) is 22.7. The molecule has 0 fully saturated rings. The second kappa shape index (κ2) is 29.3. The molecule has 0 aliphatic carbocycles. The van der Waals surface area contributed by atoms with Gasteiger partial charge in [0, 0.05) is 36.9 Å². The molecule has 0 unspecified atom stereocenters. The third kappa shape index (κ3) is 20.2. The van der Waals surface area contributed by atoms with Crippen molar-refractivity contribution in [1.29, 1.82) is 15.9 Å². The second-order valence-electron chi connectivity index (χ2n) is 16.9. The van der Waals surface area contributed by atoms with Crippen molar-refractivity contribution in [2.45, 2.75) is 44.0 Å². The number of hydrogen-bond acceptors (Lipinski definition) is 12. The number of nitriles is 2. The van der Waals surface area contributed by atoms with Crippen LogP contribution < -0.4 is 11.5 Å². The Morgan fingerprint density at radius 1 is 0.542 bits per heavy atom. The van der Waals surface area contributed by atoms with Gasteiger partial charge in [-0.25, -0.2) is 14.8 Å². The Morgan fingerprint density at radius 3 is 1.31 bits per heavy atom. The lowest BCUT2D eigenvalue weighted by molar-refractivity contribution is -0.138. The minimum Gasteiger partial charge on any atom is -0.399 e. The van der Waals surface area contributed by atoms with Crippen molar-refractivity contribution >= 4 is 27.3 Å². The molecule has 5 heterocycles. The van der Waals surface area contributed by atoms with Gasteiger partial charge in [-0.15, -0.1) is 0 Å². The number of nitrogen functional groups attached to an aromatic ring is 1. The molecule has 0 amide bonds. The number of benzene rings is 4. The summed E-state index contributed by atoms with van der Waals surface area (Å²) >= 11 is 3.17. The molecular formula is C57H41BrF12N10O3. The van der Waals surface area contributed by atoms with Gasteiger partial charge in [-0.05, 0) is 153 Å². The van der Waals surface area contributed by atoms with Crippen LogP contribution in [0.4, 0.5) is 58.4 Å². The van der Waals surface area contributed by atoms with Crippen LogP contribution in [0.1, 0.15) is 72.7 Å². The molecule has 0 spiro atoms. The summed E-state index contributed by atoms with van der Waals surface area (Å²) in [5.74, 6) is -0.524. The van der Waals surface area contributed by atoms with E-state index in [0.29, 0.717) is 81.1 Å². The minimum atomic E-state index is -4.36. The van der Waals surface area contributed by atoms with Crippen LogP contribution in [-0.2, 0) is 44.0 Å². The van der Waals surface area contributed by atoms with E-state index < -0.39 is 59.3 Å². The predicted molar refractivity (Wildman–Crippen MR) is 283 cm³/mol. The van der Waals surface area contributed by atoms with E-state index in [-0.39, 0.29) is 11.5 Å². The number of aromatic nitrogens is 6. The van der Waals surface area contributed by atoms with Crippen LogP contribution in [0.25, 0.3) is 11.5 Å². The van der Waals surface area contributed by atoms with Gasteiger partial charge >= 0.3 is 30.5 Å². The number of H-pyrrole nitrogens is 1. The third-order valence-electron chi connectivity index (χ3n) is 11.0. The zero-order chi connectivity index (χ0) is 61.0. The van der Waals surface area contributed by atoms with Crippen LogP contribution in [0.15, 0.2) is 184 Å². The highest BCUT2D eigenvalue weighted by molar-refractivity contribution is 9.10. The summed E-state index contributed by atoms with van der Waals surface area (Å²) in [6.07, 6.45) is -10.1. The number of aliphatic hydroxyl groups is 1. The van der Waals surface area contributed by atoms with Crippen molar-refractivity contribution in [3.8, 4) is 23.7 Å². The SMILES string of the molecule is N#Cc1ncccc1Br.N#Cc1ncccc1Cc1ccc(C(F)(F)F)cc1.N=C(CO)c1ncccc1Cc1ccc(C(F)(F)F)cc1.Nc1ccc(C(F)(F)F)cc1.O=c1[nH]c(-c2ncccc2Cc2ccc(C(F)(F)F)cc2)no1. The summed E-state index contributed by atoms with van der Waals surface area (Å²) in [5.41, 5.74) is 8.43. The van der Waals surface area contributed by atoms with Crippen LogP contribution in [-0.4, -0.2) is 47.5 Å². The van der Waals surface area contributed by atoms with E-state index in [1.807, 2.05) is 12.1 Å². The van der Waals surface area contributed by atoms with Gasteiger partial charge in [-0.2, -0.15) is 63.2 Å². The maximum absolute atomic E-state index is 12.6. The average Bonchev–Trinajstić information content (AvgIpc) is 3.90. The average molecular weight is 1220 g/mol. The van der Waals surface area contributed by atoms with E-state index in [4.69, 9.17) is 26.8 Å². The highest BCUT2D eigenvalue weighted by atomic mass is 79.9. The molecule has 9 aromatic rings. The maximum Gasteiger partial charge on any atom is 0.439 e. The first-order chi connectivity index (χ1) is 39.2. The molecule has 5 N–H and O–H groups in total. The molecule has 5 aromatic heterocycles. The van der Waals surface area contributed by atoms with Gasteiger partial charge in [-0.1, -0.05) is 59.8 Å². The Labute approximate surface area is 472 Å². The van der Waals surface area contributed by atoms with E-state index in [2.05, 4.69) is 50.5 Å². The molecule has 0 saturated heterocycles. The van der Waals surface area contributed by atoms with Gasteiger partial charge < -0.3 is 16.2 Å². The fraction of sp³-hybridized carbons (Fsp3) is 0.140. The Morgan fingerprint density at radius 2 is 0.916 bits per heavy atom. The van der Waals surface area contributed by atoms with E-state index in [1.165, 1.54) is 67.1 Å². The van der Waals surface area contributed by atoms with Crippen LogP contribution in [0, 0.1) is 28.1 Å². The lowest BCUT2D eigenvalue weighted by Crippen LogP contribution is -2.11. The van der Waals surface area contributed by atoms with Crippen molar-refractivity contribution in [3.63, 3.8) is 0 Å². The summed E-state index contributed by atoms with van der Waals surface area (Å²) in [4.78, 5) is 29.3. The molecule has 9 rings (SSSR count). The first-order valence-electron chi connectivity index (χ1n) is 23.6. The third-order valence-corrected chi connectivity index (χ3v) is 11.7. The molecule has 0 saturated carbocycles. The first kappa shape index (κ1) is 64.3. The molecule has 0 aliphatic heterocycles. The summed E-state index contributed by atoms with van der Waals surface area (Å²) in [6.45, 7) is -0.434. The van der Waals surface area contributed by atoms with Gasteiger partial charge in [0.15, 0.2) is 5.69 Å². The zero-order valence-corrected chi connectivity index (χ0v) is 44.0. The number of aliphatic hydroxyl groups excluding tert-OH is 1. The molecule has 83 heavy (non-hydrogen) atoms. The van der Waals surface area contributed by atoms with Crippen LogP contribution in [0.2, 0.25) is 0 Å². The number of pyridine rings is 4. The quantitative estimate of drug-likeness (QED) is 0.0603. The number of halogens is 13. The number of aromatic amines is 1. The number of alkyl halides is 12. The number of nitrogens with two attached hydrogens (primary N) is 1. The van der Waals surface area contributed by atoms with Gasteiger partial charge in [-0.3, -0.25) is 19.5 Å². The van der Waals surface area contributed by atoms with Crippen LogP contribution in [0.5, 0.6) is 0 Å². The van der Waals surface area contributed by atoms with Crippen molar-refractivity contribution in [2.75, 3.05) is 12.3 Å². The lowest BCUT2D eigenvalue weighted by Gasteiger charge is -2.10. The molecule has 0 atom stereocenters. The van der Waals surface area contributed by atoms with E-state index in [9.17, 15) is 57.5 Å². The smallest absolute Gasteiger partial charge is 0.399 e. The number of rotatable bonds is 9. The normalized spacial score (nSPS) is 11.1. The largest absolute Gasteiger partial charge is 0.439 e. The number of nitrogens with one attached hydrogen (secondary N) is 2. The van der Waals surface area contributed by atoms with E-state index in [1.54, 1.807) is 54.7 Å². The van der Waals surface area contributed by atoms with E-state index >= 15 is 0 Å². The number of anilines is 1. The maximum atomic E-state index is 12.6. The fourth-order valence-corrected chi connectivity index (χ4v) is 7.31.